The first-order valence-electron chi connectivity index (χ1n) is 5.74. The number of nitrogens with two attached hydrogens (primary N) is 1. The Morgan fingerprint density at radius 3 is 2.78 bits per heavy atom. The molecule has 0 bridgehead atoms. The van der Waals surface area contributed by atoms with Crippen molar-refractivity contribution in [3.63, 3.8) is 0 Å². The highest BCUT2D eigenvalue weighted by atomic mass is 16.3. The molecule has 1 heterocycles. The number of hydrogen-bond donors (Lipinski definition) is 4. The van der Waals surface area contributed by atoms with Gasteiger partial charge in [0.2, 0.25) is 5.91 Å². The van der Waals surface area contributed by atoms with Gasteiger partial charge in [0, 0.05) is 13.5 Å². The Labute approximate surface area is 106 Å². The first-order valence-corrected chi connectivity index (χ1v) is 5.74. The van der Waals surface area contributed by atoms with Gasteiger partial charge in [0.05, 0.1) is 23.7 Å². The van der Waals surface area contributed by atoms with Gasteiger partial charge in [-0.05, 0) is 25.0 Å². The van der Waals surface area contributed by atoms with E-state index < -0.39 is 12.2 Å². The number of nitrogens with one attached hydrogen (secondary N) is 1. The maximum Gasteiger partial charge on any atom is 0.216 e. The van der Waals surface area contributed by atoms with Crippen LogP contribution < -0.4 is 11.1 Å². The number of aryl methyl sites for hydroxylation is 1. The van der Waals surface area contributed by atoms with E-state index in [9.17, 15) is 15.0 Å². The van der Waals surface area contributed by atoms with Gasteiger partial charge in [-0.3, -0.25) is 9.78 Å². The molecule has 0 aliphatic rings. The molecule has 5 N–H and O–H groups in total. The third-order valence-corrected chi connectivity index (χ3v) is 2.60. The summed E-state index contributed by atoms with van der Waals surface area (Å²) in [5.41, 5.74) is 7.20. The van der Waals surface area contributed by atoms with Gasteiger partial charge in [-0.15, -0.1) is 0 Å². The van der Waals surface area contributed by atoms with Gasteiger partial charge < -0.3 is 21.3 Å². The van der Waals surface area contributed by atoms with Crippen LogP contribution in [0.15, 0.2) is 12.3 Å². The average Bonchev–Trinajstić information content (AvgIpc) is 2.27. The fourth-order valence-corrected chi connectivity index (χ4v) is 1.65. The van der Waals surface area contributed by atoms with E-state index in [1.165, 1.54) is 13.1 Å². The Balaban J connectivity index is 2.62. The standard InChI is InChI=1S/C12H19N3O3/c1-7-5-9(13)6-15-11(7)12(18)10(17)3-4-14-8(2)16/h5-6,10,12,17-18H,3-4,13H2,1-2H3,(H,14,16). The highest BCUT2D eigenvalue weighted by Crippen LogP contribution is 2.21. The number of nitrogens with zero attached hydrogens (tertiary/aromatic N) is 1. The summed E-state index contributed by atoms with van der Waals surface area (Å²) >= 11 is 0. The van der Waals surface area contributed by atoms with Crippen molar-refractivity contribution in [1.82, 2.24) is 10.3 Å². The average molecular weight is 253 g/mol. The minimum Gasteiger partial charge on any atom is -0.397 e. The maximum atomic E-state index is 10.7. The highest BCUT2D eigenvalue weighted by molar-refractivity contribution is 5.72. The monoisotopic (exact) mass is 253 g/mol. The molecule has 0 fully saturated rings. The van der Waals surface area contributed by atoms with Crippen molar-refractivity contribution in [1.29, 1.82) is 0 Å². The van der Waals surface area contributed by atoms with Crippen molar-refractivity contribution in [3.8, 4) is 0 Å². The highest BCUT2D eigenvalue weighted by Gasteiger charge is 2.21. The topological polar surface area (TPSA) is 108 Å². The Hall–Kier alpha value is -1.66. The lowest BCUT2D eigenvalue weighted by atomic mass is 10.0. The lowest BCUT2D eigenvalue weighted by Crippen LogP contribution is -2.28. The molecule has 1 rings (SSSR count). The number of aliphatic hydroxyl groups is 2. The molecule has 100 valence electrons. The van der Waals surface area contributed by atoms with Crippen LogP contribution >= 0.6 is 0 Å². The predicted octanol–water partition coefficient (Wildman–Crippen LogP) is -0.107. The van der Waals surface area contributed by atoms with Crippen LogP contribution in [0.4, 0.5) is 5.69 Å². The van der Waals surface area contributed by atoms with E-state index >= 15 is 0 Å². The second kappa shape index (κ2) is 6.32. The summed E-state index contributed by atoms with van der Waals surface area (Å²) in [6, 6.07) is 1.69. The van der Waals surface area contributed by atoms with Crippen molar-refractivity contribution >= 4 is 11.6 Å². The molecule has 2 atom stereocenters. The van der Waals surface area contributed by atoms with Gasteiger partial charge in [-0.2, -0.15) is 0 Å². The molecule has 0 aliphatic carbocycles. The molecular formula is C12H19N3O3. The van der Waals surface area contributed by atoms with Gasteiger partial charge in [-0.25, -0.2) is 0 Å². The normalized spacial score (nSPS) is 14.0. The van der Waals surface area contributed by atoms with E-state index in [-0.39, 0.29) is 12.3 Å². The smallest absolute Gasteiger partial charge is 0.216 e. The first-order chi connectivity index (χ1) is 8.41. The largest absolute Gasteiger partial charge is 0.397 e. The van der Waals surface area contributed by atoms with Gasteiger partial charge in [0.25, 0.3) is 0 Å². The first kappa shape index (κ1) is 14.4. The number of anilines is 1. The molecule has 6 heteroatoms. The van der Waals surface area contributed by atoms with Crippen LogP contribution in [0.3, 0.4) is 0 Å². The van der Waals surface area contributed by atoms with Crippen molar-refractivity contribution in [2.75, 3.05) is 12.3 Å². The third kappa shape index (κ3) is 3.97. The second-order valence-electron chi connectivity index (χ2n) is 4.25. The third-order valence-electron chi connectivity index (χ3n) is 2.60. The Morgan fingerprint density at radius 2 is 2.22 bits per heavy atom. The minimum atomic E-state index is -1.08. The van der Waals surface area contributed by atoms with Crippen molar-refractivity contribution in [2.24, 2.45) is 0 Å². The molecule has 0 aromatic carbocycles. The number of aromatic nitrogens is 1. The van der Waals surface area contributed by atoms with Crippen molar-refractivity contribution < 1.29 is 15.0 Å². The molecule has 0 spiro atoms. The van der Waals surface area contributed by atoms with Crippen LogP contribution in [-0.4, -0.2) is 33.8 Å². The van der Waals surface area contributed by atoms with Gasteiger partial charge in [0.1, 0.15) is 6.10 Å². The zero-order valence-electron chi connectivity index (χ0n) is 10.6. The van der Waals surface area contributed by atoms with E-state index in [4.69, 9.17) is 5.73 Å². The molecular weight excluding hydrogens is 234 g/mol. The summed E-state index contributed by atoms with van der Waals surface area (Å²) in [6.45, 7) is 3.47. The molecule has 6 nitrogen and oxygen atoms in total. The Bertz CT molecular complexity index is 423. The molecule has 0 saturated heterocycles. The summed E-state index contributed by atoms with van der Waals surface area (Å²) in [4.78, 5) is 14.7. The van der Waals surface area contributed by atoms with Crippen LogP contribution in [0.2, 0.25) is 0 Å². The summed E-state index contributed by atoms with van der Waals surface area (Å²) in [5.74, 6) is -0.168. The van der Waals surface area contributed by atoms with E-state index in [0.717, 1.165) is 5.56 Å². The van der Waals surface area contributed by atoms with E-state index in [1.54, 1.807) is 13.0 Å². The van der Waals surface area contributed by atoms with Gasteiger partial charge in [0.15, 0.2) is 0 Å². The van der Waals surface area contributed by atoms with Crippen LogP contribution in [0.5, 0.6) is 0 Å². The number of pyridine rings is 1. The zero-order valence-corrected chi connectivity index (χ0v) is 10.6. The predicted molar refractivity (Wildman–Crippen MR) is 67.7 cm³/mol. The number of carbonyl (C=O) groups is 1. The zero-order chi connectivity index (χ0) is 13.7. The molecule has 2 unspecified atom stereocenters. The summed E-state index contributed by atoms with van der Waals surface area (Å²) in [5, 5.41) is 22.3. The number of aliphatic hydroxyl groups excluding tert-OH is 2. The molecule has 0 radical (unpaired) electrons. The number of rotatable bonds is 5. The summed E-state index contributed by atoms with van der Waals surface area (Å²) in [6.07, 6.45) is -0.371. The fourth-order valence-electron chi connectivity index (χ4n) is 1.65. The molecule has 0 aliphatic heterocycles. The van der Waals surface area contributed by atoms with Crippen LogP contribution in [0, 0.1) is 6.92 Å². The maximum absolute atomic E-state index is 10.7. The Kier molecular flexibility index (Phi) is 5.06. The van der Waals surface area contributed by atoms with Crippen LogP contribution in [-0.2, 0) is 4.79 Å². The van der Waals surface area contributed by atoms with Crippen LogP contribution in [0.1, 0.15) is 30.7 Å². The van der Waals surface area contributed by atoms with Crippen LogP contribution in [0.25, 0.3) is 0 Å². The molecule has 1 aromatic rings. The van der Waals surface area contributed by atoms with Gasteiger partial charge >= 0.3 is 0 Å². The van der Waals surface area contributed by atoms with E-state index in [1.807, 2.05) is 0 Å². The number of hydrogen-bond acceptors (Lipinski definition) is 5. The SMILES string of the molecule is CC(=O)NCCC(O)C(O)c1ncc(N)cc1C. The summed E-state index contributed by atoms with van der Waals surface area (Å²) in [7, 11) is 0. The quantitative estimate of drug-likeness (QED) is 0.585. The number of carbonyl (C=O) groups excluding carboxylic acids is 1. The fraction of sp³-hybridized carbons (Fsp3) is 0.500. The Morgan fingerprint density at radius 1 is 1.56 bits per heavy atom. The summed E-state index contributed by atoms with van der Waals surface area (Å²) < 4.78 is 0. The van der Waals surface area contributed by atoms with E-state index in [0.29, 0.717) is 17.9 Å². The molecule has 18 heavy (non-hydrogen) atoms. The number of nitrogen functional groups attached to an aromatic ring is 1. The number of amides is 1. The molecule has 0 saturated carbocycles. The minimum absolute atomic E-state index is 0.168. The van der Waals surface area contributed by atoms with Crippen molar-refractivity contribution in [2.45, 2.75) is 32.5 Å². The molecule has 1 aromatic heterocycles. The lowest BCUT2D eigenvalue weighted by Gasteiger charge is -2.19. The molecule has 1 amide bonds. The van der Waals surface area contributed by atoms with Crippen molar-refractivity contribution in [3.05, 3.63) is 23.5 Å². The van der Waals surface area contributed by atoms with Gasteiger partial charge in [-0.1, -0.05) is 0 Å². The second-order valence-corrected chi connectivity index (χ2v) is 4.25. The lowest BCUT2D eigenvalue weighted by molar-refractivity contribution is -0.119. The van der Waals surface area contributed by atoms with E-state index in [2.05, 4.69) is 10.3 Å².